The Balaban J connectivity index is 0.000000143. The van der Waals surface area contributed by atoms with Crippen LogP contribution in [-0.4, -0.2) is 115 Å². The number of aliphatic hydroxyl groups is 1. The van der Waals surface area contributed by atoms with Crippen molar-refractivity contribution < 1.29 is 83.3 Å². The maximum atomic E-state index is 12.8. The number of nitrogens with zero attached hydrogens (tertiary/aromatic N) is 2. The van der Waals surface area contributed by atoms with Gasteiger partial charge in [-0.1, -0.05) is 237 Å². The number of carbonyl (C=O) groups excluding carboxylic acids is 6. The number of carbonyl (C=O) groups is 6. The minimum absolute atomic E-state index is 0.00386. The average molecular weight is 1400 g/mol. The van der Waals surface area contributed by atoms with E-state index in [-0.39, 0.29) is 96.0 Å². The van der Waals surface area contributed by atoms with Crippen molar-refractivity contribution in [3.05, 3.63) is 287 Å². The number of esters is 4. The third-order valence-electron chi connectivity index (χ3n) is 18.1. The highest BCUT2D eigenvalue weighted by Gasteiger charge is 2.43. The molecule has 5 aliphatic rings. The van der Waals surface area contributed by atoms with Crippen molar-refractivity contribution in [2.24, 2.45) is 17.8 Å². The topological polar surface area (TPSA) is 254 Å². The van der Waals surface area contributed by atoms with Crippen LogP contribution in [0.1, 0.15) is 80.7 Å². The van der Waals surface area contributed by atoms with Crippen molar-refractivity contribution in [1.82, 2.24) is 8.61 Å². The number of amides is 2. The van der Waals surface area contributed by atoms with Gasteiger partial charge in [0.15, 0.2) is 0 Å². The van der Waals surface area contributed by atoms with Gasteiger partial charge in [0.05, 0.1) is 38.8 Å². The quantitative estimate of drug-likeness (QED) is 0.0583. The first-order valence-electron chi connectivity index (χ1n) is 33.0. The summed E-state index contributed by atoms with van der Waals surface area (Å²) in [5, 5.41) is 9.57. The molecular formula is C79H72N2O18S2. The van der Waals surface area contributed by atoms with E-state index in [1.807, 2.05) is 188 Å². The van der Waals surface area contributed by atoms with Crippen molar-refractivity contribution in [1.29, 1.82) is 0 Å². The van der Waals surface area contributed by atoms with Crippen LogP contribution < -0.4 is 0 Å². The van der Waals surface area contributed by atoms with Crippen LogP contribution in [-0.2, 0) is 97.4 Å². The molecule has 4 atom stereocenters. The van der Waals surface area contributed by atoms with E-state index in [0.29, 0.717) is 4.31 Å². The lowest BCUT2D eigenvalue weighted by Crippen LogP contribution is -2.49. The fraction of sp³-hybridized carbons (Fsp3) is 0.241. The van der Waals surface area contributed by atoms with Crippen molar-refractivity contribution in [2.45, 2.75) is 50.4 Å². The molecule has 2 fully saturated rings. The summed E-state index contributed by atoms with van der Waals surface area (Å²) in [6, 6.07) is 75.7. The lowest BCUT2D eigenvalue weighted by molar-refractivity contribution is -0.153. The van der Waals surface area contributed by atoms with Crippen LogP contribution in [0.4, 0.5) is 9.59 Å². The number of benzene rings is 9. The van der Waals surface area contributed by atoms with Gasteiger partial charge in [-0.05, 0) is 89.9 Å². The summed E-state index contributed by atoms with van der Waals surface area (Å²) in [5.74, 6) is -4.88. The highest BCUT2D eigenvalue weighted by atomic mass is 32.2. The maximum Gasteiger partial charge on any atom is 0.425 e. The van der Waals surface area contributed by atoms with Crippen LogP contribution in [0.2, 0.25) is 0 Å². The molecule has 0 saturated carbocycles. The monoisotopic (exact) mass is 1400 g/mol. The van der Waals surface area contributed by atoms with Crippen molar-refractivity contribution >= 4 is 57.6 Å². The van der Waals surface area contributed by atoms with E-state index in [1.165, 1.54) is 11.1 Å². The molecule has 9 aromatic rings. The van der Waals surface area contributed by atoms with Crippen LogP contribution >= 0.6 is 0 Å². The molecule has 9 aromatic carbocycles. The van der Waals surface area contributed by atoms with E-state index in [0.717, 1.165) is 76.6 Å². The molecule has 14 rings (SSSR count). The SMILES string of the molecule is O=C(CC[C@H](CO)C(=O)OCc1ccccc1)OCC1c2ccccc2-c2ccccc21.O=C(OCc1ccccc1)[C@H]1COS(=O)(=O)N(C(=O)OCC2c3ccccc3-c3ccccc32)C1.O=C(OCc1ccccc1)[C@H]1COS(=O)N(C(=O)OCC2c3ccccc3-c3ccccc32)C1. The van der Waals surface area contributed by atoms with Gasteiger partial charge in [-0.25, -0.2) is 18.1 Å². The second-order valence-corrected chi connectivity index (χ2v) is 27.1. The first-order valence-corrected chi connectivity index (χ1v) is 35.4. The van der Waals surface area contributed by atoms with Gasteiger partial charge in [0.1, 0.15) is 51.5 Å². The number of fused-ring (bicyclic) bond motifs is 9. The Morgan fingerprint density at radius 3 is 1.18 bits per heavy atom. The summed E-state index contributed by atoms with van der Waals surface area (Å²) in [6.07, 6.45) is -1.66. The number of ether oxygens (including phenoxy) is 6. The summed E-state index contributed by atoms with van der Waals surface area (Å²) in [7, 11) is -4.37. The van der Waals surface area contributed by atoms with E-state index < -0.39 is 82.6 Å². The van der Waals surface area contributed by atoms with E-state index in [2.05, 4.69) is 36.4 Å². The average Bonchev–Trinajstić information content (AvgIpc) is 1.66. The van der Waals surface area contributed by atoms with E-state index >= 15 is 0 Å². The Bertz CT molecular complexity index is 4440. The zero-order valence-corrected chi connectivity index (χ0v) is 56.4. The molecule has 20 nitrogen and oxygen atoms in total. The lowest BCUT2D eigenvalue weighted by Gasteiger charge is -2.30. The Morgan fingerprint density at radius 2 is 0.782 bits per heavy atom. The van der Waals surface area contributed by atoms with Crippen LogP contribution in [0.25, 0.3) is 33.4 Å². The molecule has 0 bridgehead atoms. The molecule has 101 heavy (non-hydrogen) atoms. The molecular weight excluding hydrogens is 1330 g/mol. The minimum Gasteiger partial charge on any atom is -0.465 e. The smallest absolute Gasteiger partial charge is 0.425 e. The molecule has 2 heterocycles. The zero-order valence-electron chi connectivity index (χ0n) is 54.8. The summed E-state index contributed by atoms with van der Waals surface area (Å²) >= 11 is -2.03. The molecule has 2 saturated heterocycles. The van der Waals surface area contributed by atoms with Gasteiger partial charge in [-0.2, -0.15) is 12.7 Å². The molecule has 1 N–H and O–H groups in total. The first-order chi connectivity index (χ1) is 49.2. The van der Waals surface area contributed by atoms with Gasteiger partial charge in [0.25, 0.3) is 11.3 Å². The van der Waals surface area contributed by atoms with E-state index in [1.54, 1.807) is 12.1 Å². The summed E-state index contributed by atoms with van der Waals surface area (Å²) < 4.78 is 81.1. The number of aliphatic hydroxyl groups excluding tert-OH is 1. The van der Waals surface area contributed by atoms with Crippen molar-refractivity contribution in [2.75, 3.05) is 52.7 Å². The molecule has 1 unspecified atom stereocenters. The summed E-state index contributed by atoms with van der Waals surface area (Å²) in [6.45, 7) is -0.801. The molecule has 2 amide bonds. The van der Waals surface area contributed by atoms with Gasteiger partial charge >= 0.3 is 46.4 Å². The molecule has 2 aliphatic heterocycles. The van der Waals surface area contributed by atoms with Gasteiger partial charge in [0, 0.05) is 24.2 Å². The normalized spacial score (nSPS) is 17.0. The van der Waals surface area contributed by atoms with Gasteiger partial charge in [-0.15, -0.1) is 0 Å². The second kappa shape index (κ2) is 33.0. The fourth-order valence-corrected chi connectivity index (χ4v) is 14.8. The van der Waals surface area contributed by atoms with Crippen LogP contribution in [0.15, 0.2) is 237 Å². The third kappa shape index (κ3) is 16.8. The molecule has 3 aliphatic carbocycles. The predicted octanol–water partition coefficient (Wildman–Crippen LogP) is 12.6. The molecule has 0 radical (unpaired) electrons. The Morgan fingerprint density at radius 1 is 0.436 bits per heavy atom. The standard InChI is InChI=1S/C27H26O5.C26H23NO7S.C26H23NO6S/c28-16-20(27(30)32-17-19-8-2-1-3-9-19)14-15-26(29)31-18-25-23-12-6-4-10-21(23)22-11-5-7-13-24(22)25;28-25(32-15-18-8-2-1-3-9-18)19-14-27(35(30,31)34-16-19)26(29)33-17-24-22-12-6-4-10-20(22)21-11-5-7-13-23(21)24;28-25(31-15-18-8-2-1-3-9-18)19-14-27(34(30)33-16-19)26(29)32-17-24-22-12-6-4-10-20(22)21-11-5-7-13-23(21)24/h1-13,20,25,28H,14-18H2;1-13,19,24H,14-17H2;1-13,19,24H,14-17H2/t20-;19-;19-,34?/m111/s1. The van der Waals surface area contributed by atoms with Gasteiger partial charge in [-0.3, -0.25) is 27.5 Å². The van der Waals surface area contributed by atoms with E-state index in [9.17, 15) is 46.5 Å². The van der Waals surface area contributed by atoms with Crippen LogP contribution in [0.5, 0.6) is 0 Å². The minimum atomic E-state index is -4.37. The third-order valence-corrected chi connectivity index (χ3v) is 20.3. The van der Waals surface area contributed by atoms with E-state index in [4.69, 9.17) is 36.8 Å². The maximum absolute atomic E-state index is 12.8. The van der Waals surface area contributed by atoms with Crippen molar-refractivity contribution in [3.8, 4) is 33.4 Å². The van der Waals surface area contributed by atoms with Crippen molar-refractivity contribution in [3.63, 3.8) is 0 Å². The number of rotatable bonds is 19. The lowest BCUT2D eigenvalue weighted by atomic mass is 9.98. The van der Waals surface area contributed by atoms with Crippen LogP contribution in [0, 0.1) is 17.8 Å². The zero-order chi connectivity index (χ0) is 70.2. The summed E-state index contributed by atoms with van der Waals surface area (Å²) in [4.78, 5) is 75.3. The largest absolute Gasteiger partial charge is 0.465 e. The van der Waals surface area contributed by atoms with Gasteiger partial charge < -0.3 is 33.5 Å². The summed E-state index contributed by atoms with van der Waals surface area (Å²) in [5.41, 5.74) is 15.7. The molecule has 0 aromatic heterocycles. The fourth-order valence-electron chi connectivity index (χ4n) is 12.8. The first kappa shape index (κ1) is 70.3. The molecule has 518 valence electrons. The Hall–Kier alpha value is -10.6. The Labute approximate surface area is 587 Å². The number of hydrogen-bond acceptors (Lipinski definition) is 18. The van der Waals surface area contributed by atoms with Gasteiger partial charge in [0.2, 0.25) is 0 Å². The number of hydrogen-bond donors (Lipinski definition) is 1. The Kier molecular flexibility index (Phi) is 23.0. The predicted molar refractivity (Wildman–Crippen MR) is 373 cm³/mol. The molecule has 22 heteroatoms. The highest BCUT2D eigenvalue weighted by Crippen LogP contribution is 2.47. The molecule has 0 spiro atoms. The second-order valence-electron chi connectivity index (χ2n) is 24.4. The van der Waals surface area contributed by atoms with Crippen LogP contribution in [0.3, 0.4) is 0 Å². The highest BCUT2D eigenvalue weighted by molar-refractivity contribution is 7.85.